The van der Waals surface area contributed by atoms with E-state index in [2.05, 4.69) is 21.1 Å². The smallest absolute Gasteiger partial charge is 0.219 e. The monoisotopic (exact) mass is 557 g/mol. The maximum absolute atomic E-state index is 16.8. The molecule has 2 aliphatic rings. The summed E-state index contributed by atoms with van der Waals surface area (Å²) in [6, 6.07) is 6.29. The number of phenolic OH excluding ortho intramolecular Hbond substituents is 1. The zero-order chi connectivity index (χ0) is 29.0. The van der Waals surface area contributed by atoms with Gasteiger partial charge in [0.1, 0.15) is 29.2 Å². The molecular formula is C32H33F2N5O2. The van der Waals surface area contributed by atoms with Crippen LogP contribution in [0.2, 0.25) is 0 Å². The largest absolute Gasteiger partial charge is 0.508 e. The van der Waals surface area contributed by atoms with Gasteiger partial charge in [0.05, 0.1) is 5.56 Å². The molecule has 6 rings (SSSR count). The minimum absolute atomic E-state index is 0.0104. The number of hydrogen-bond donors (Lipinski definition) is 2. The van der Waals surface area contributed by atoms with Gasteiger partial charge in [-0.2, -0.15) is 4.98 Å². The summed E-state index contributed by atoms with van der Waals surface area (Å²) in [5, 5.41) is 15.8. The van der Waals surface area contributed by atoms with Crippen LogP contribution in [0.25, 0.3) is 32.8 Å². The molecule has 2 fully saturated rings. The first-order valence-electron chi connectivity index (χ1n) is 13.9. The predicted molar refractivity (Wildman–Crippen MR) is 158 cm³/mol. The van der Waals surface area contributed by atoms with Crippen LogP contribution in [0.5, 0.6) is 11.6 Å². The van der Waals surface area contributed by atoms with Gasteiger partial charge in [-0.05, 0) is 64.4 Å². The molecule has 4 heterocycles. The lowest BCUT2D eigenvalue weighted by Gasteiger charge is -2.35. The number of nitrogens with one attached hydrogen (secondary N) is 1. The number of piperazine rings is 1. The van der Waals surface area contributed by atoms with Crippen molar-refractivity contribution >= 4 is 27.4 Å². The molecule has 2 aliphatic heterocycles. The maximum atomic E-state index is 16.8. The number of aromatic nitrogens is 2. The average molecular weight is 558 g/mol. The van der Waals surface area contributed by atoms with Crippen LogP contribution in [0.15, 0.2) is 30.5 Å². The summed E-state index contributed by atoms with van der Waals surface area (Å²) in [5.41, 5.74) is 0.715. The quantitative estimate of drug-likeness (QED) is 0.324. The topological polar surface area (TPSA) is 73.8 Å². The van der Waals surface area contributed by atoms with Crippen molar-refractivity contribution in [1.82, 2.24) is 20.2 Å². The van der Waals surface area contributed by atoms with E-state index in [-0.39, 0.29) is 28.7 Å². The number of phenols is 1. The second kappa shape index (κ2) is 10.4. The summed E-state index contributed by atoms with van der Waals surface area (Å²) in [6.07, 6.45) is 9.28. The number of anilines is 1. The Morgan fingerprint density at radius 3 is 2.61 bits per heavy atom. The number of fused-ring (bicyclic) bond motifs is 4. The lowest BCUT2D eigenvalue weighted by molar-refractivity contribution is 0.169. The van der Waals surface area contributed by atoms with E-state index in [4.69, 9.17) is 16.1 Å². The van der Waals surface area contributed by atoms with Gasteiger partial charge in [0.2, 0.25) is 5.88 Å². The fraction of sp³-hybridized carbons (Fsp3) is 0.375. The molecule has 0 radical (unpaired) electrons. The number of nitrogens with zero attached hydrogens (tertiary/aromatic N) is 4. The highest BCUT2D eigenvalue weighted by Gasteiger charge is 2.34. The Morgan fingerprint density at radius 1 is 1.20 bits per heavy atom. The van der Waals surface area contributed by atoms with Crippen molar-refractivity contribution in [2.45, 2.75) is 44.9 Å². The first-order valence-corrected chi connectivity index (χ1v) is 13.9. The van der Waals surface area contributed by atoms with Crippen molar-refractivity contribution in [2.75, 3.05) is 38.6 Å². The number of terminal acetylenes is 1. The van der Waals surface area contributed by atoms with Crippen LogP contribution in [0, 0.1) is 30.9 Å². The zero-order valence-electron chi connectivity index (χ0n) is 23.6. The average Bonchev–Trinajstić information content (AvgIpc) is 3.26. The number of hydrogen-bond acceptors (Lipinski definition) is 7. The van der Waals surface area contributed by atoms with Gasteiger partial charge in [-0.25, -0.2) is 8.78 Å². The number of rotatable bonds is 6. The summed E-state index contributed by atoms with van der Waals surface area (Å²) in [6.45, 7) is 5.91. The van der Waals surface area contributed by atoms with E-state index in [9.17, 15) is 9.50 Å². The lowest BCUT2D eigenvalue weighted by Crippen LogP contribution is -2.51. The molecule has 9 heteroatoms. The number of aromatic hydroxyl groups is 1. The van der Waals surface area contributed by atoms with E-state index in [1.807, 2.05) is 25.9 Å². The molecular weight excluding hydrogens is 524 g/mol. The van der Waals surface area contributed by atoms with E-state index in [1.54, 1.807) is 13.1 Å². The Kier molecular flexibility index (Phi) is 6.92. The van der Waals surface area contributed by atoms with E-state index in [0.717, 1.165) is 25.9 Å². The van der Waals surface area contributed by atoms with Crippen LogP contribution in [-0.2, 0) is 0 Å². The SMILES string of the molecule is C#Cc1c(F)ccc2cc(O)cc(-c3ncc4c(N5CC6CCC(C5)N6)nc(OC(C)CN(C)C)c(C)c4c3F)c12. The Bertz CT molecular complexity index is 1710. The van der Waals surface area contributed by atoms with Crippen molar-refractivity contribution in [3.05, 3.63) is 53.2 Å². The number of likely N-dealkylation sites (N-methyl/N-ethyl adjacent to an activating group) is 1. The van der Waals surface area contributed by atoms with Crippen molar-refractivity contribution in [1.29, 1.82) is 0 Å². The Balaban J connectivity index is 1.59. The highest BCUT2D eigenvalue weighted by atomic mass is 19.1. The summed E-state index contributed by atoms with van der Waals surface area (Å²) in [5.74, 6) is 2.07. The van der Waals surface area contributed by atoms with E-state index < -0.39 is 11.6 Å². The van der Waals surface area contributed by atoms with Crippen LogP contribution in [-0.4, -0.2) is 71.9 Å². The minimum Gasteiger partial charge on any atom is -0.508 e. The predicted octanol–water partition coefficient (Wildman–Crippen LogP) is 4.99. The first-order chi connectivity index (χ1) is 19.6. The van der Waals surface area contributed by atoms with Gasteiger partial charge in [-0.3, -0.25) is 4.98 Å². The minimum atomic E-state index is -0.606. The molecule has 3 atom stereocenters. The van der Waals surface area contributed by atoms with Crippen molar-refractivity contribution in [3.8, 4) is 35.2 Å². The summed E-state index contributed by atoms with van der Waals surface area (Å²) in [7, 11) is 3.93. The highest BCUT2D eigenvalue weighted by Crippen LogP contribution is 2.41. The van der Waals surface area contributed by atoms with Crippen LogP contribution < -0.4 is 15.0 Å². The van der Waals surface area contributed by atoms with Gasteiger partial charge in [0, 0.05) is 65.2 Å². The fourth-order valence-electron chi connectivity index (χ4n) is 6.38. The zero-order valence-corrected chi connectivity index (χ0v) is 23.6. The molecule has 0 saturated carbocycles. The van der Waals surface area contributed by atoms with Crippen molar-refractivity contribution in [2.24, 2.45) is 0 Å². The second-order valence-electron chi connectivity index (χ2n) is 11.5. The van der Waals surface area contributed by atoms with Crippen molar-refractivity contribution < 1.29 is 18.6 Å². The molecule has 0 spiro atoms. The number of benzene rings is 2. The Hall–Kier alpha value is -4.00. The van der Waals surface area contributed by atoms with Gasteiger partial charge in [-0.1, -0.05) is 12.0 Å². The fourth-order valence-corrected chi connectivity index (χ4v) is 6.38. The van der Waals surface area contributed by atoms with E-state index >= 15 is 4.39 Å². The lowest BCUT2D eigenvalue weighted by atomic mass is 9.95. The molecule has 3 unspecified atom stereocenters. The molecule has 7 nitrogen and oxygen atoms in total. The molecule has 212 valence electrons. The highest BCUT2D eigenvalue weighted by molar-refractivity contribution is 6.04. The van der Waals surface area contributed by atoms with E-state index in [0.29, 0.717) is 57.4 Å². The molecule has 0 amide bonds. The van der Waals surface area contributed by atoms with Gasteiger partial charge < -0.3 is 25.0 Å². The van der Waals surface area contributed by atoms with Gasteiger partial charge >= 0.3 is 0 Å². The maximum Gasteiger partial charge on any atom is 0.219 e. The van der Waals surface area contributed by atoms with Gasteiger partial charge in [-0.15, -0.1) is 6.42 Å². The number of halogens is 2. The number of aryl methyl sites for hydroxylation is 1. The molecule has 2 aromatic heterocycles. The molecule has 2 aromatic carbocycles. The second-order valence-corrected chi connectivity index (χ2v) is 11.5. The number of pyridine rings is 2. The van der Waals surface area contributed by atoms with E-state index in [1.165, 1.54) is 24.3 Å². The van der Waals surface area contributed by atoms with Crippen LogP contribution >= 0.6 is 0 Å². The van der Waals surface area contributed by atoms with Crippen LogP contribution in [0.3, 0.4) is 0 Å². The van der Waals surface area contributed by atoms with Crippen molar-refractivity contribution in [3.63, 3.8) is 0 Å². The Morgan fingerprint density at radius 2 is 1.93 bits per heavy atom. The summed E-state index contributed by atoms with van der Waals surface area (Å²) >= 11 is 0. The summed E-state index contributed by atoms with van der Waals surface area (Å²) < 4.78 is 37.9. The molecule has 2 saturated heterocycles. The number of ether oxygens (including phenoxy) is 1. The standard InChI is InChI=1S/C32H33F2N5O2/c1-6-23-26(33)10-7-19-11-22(40)12-24(28(19)23)30-29(34)27-18(3)32(41-17(2)14-38(4)5)37-31(25(27)13-35-30)39-15-20-8-9-21(16-39)36-20/h1,7,10-13,17,20-21,36,40H,8-9,14-16H2,2-5H3. The third kappa shape index (κ3) is 4.81. The van der Waals surface area contributed by atoms with Gasteiger partial charge in [0.25, 0.3) is 0 Å². The third-order valence-electron chi connectivity index (χ3n) is 8.07. The molecule has 41 heavy (non-hydrogen) atoms. The van der Waals surface area contributed by atoms with Crippen LogP contribution in [0.4, 0.5) is 14.6 Å². The first kappa shape index (κ1) is 27.2. The normalized spacial score (nSPS) is 19.2. The summed E-state index contributed by atoms with van der Waals surface area (Å²) in [4.78, 5) is 13.7. The molecule has 2 N–H and O–H groups in total. The molecule has 2 bridgehead atoms. The van der Waals surface area contributed by atoms with Gasteiger partial charge in [0.15, 0.2) is 5.82 Å². The van der Waals surface area contributed by atoms with Crippen LogP contribution in [0.1, 0.15) is 30.9 Å². The third-order valence-corrected chi connectivity index (χ3v) is 8.07. The molecule has 0 aliphatic carbocycles. The Labute approximate surface area is 238 Å². The molecule has 4 aromatic rings.